The van der Waals surface area contributed by atoms with Gasteiger partial charge in [-0.2, -0.15) is 0 Å². The van der Waals surface area contributed by atoms with Gasteiger partial charge in [0.25, 0.3) is 5.69 Å². The van der Waals surface area contributed by atoms with Gasteiger partial charge in [-0.05, 0) is 30.2 Å². The number of nitrogens with zero attached hydrogens (tertiary/aromatic N) is 2. The second-order valence-electron chi connectivity index (χ2n) is 6.36. The number of aliphatic hydroxyl groups excluding tert-OH is 1. The van der Waals surface area contributed by atoms with Gasteiger partial charge >= 0.3 is 0 Å². The molecule has 2 aromatic carbocycles. The lowest BCUT2D eigenvalue weighted by atomic mass is 9.97. The summed E-state index contributed by atoms with van der Waals surface area (Å²) in [4.78, 5) is 12.6. The van der Waals surface area contributed by atoms with E-state index in [0.29, 0.717) is 18.0 Å². The molecule has 1 fully saturated rings. The Hall–Kier alpha value is -2.44. The lowest BCUT2D eigenvalue weighted by Crippen LogP contribution is -2.26. The molecule has 0 aliphatic carbocycles. The van der Waals surface area contributed by atoms with Crippen LogP contribution in [-0.2, 0) is 0 Å². The molecule has 0 spiro atoms. The summed E-state index contributed by atoms with van der Waals surface area (Å²) in [5, 5.41) is 21.3. The highest BCUT2D eigenvalue weighted by Gasteiger charge is 2.27. The van der Waals surface area contributed by atoms with Gasteiger partial charge in [-0.15, -0.1) is 0 Å². The van der Waals surface area contributed by atoms with Crippen molar-refractivity contribution in [2.45, 2.75) is 18.4 Å². The van der Waals surface area contributed by atoms with Crippen LogP contribution in [0.4, 0.5) is 5.69 Å². The summed E-state index contributed by atoms with van der Waals surface area (Å²) in [6, 6.07) is 14.2. The second kappa shape index (κ2) is 7.63. The van der Waals surface area contributed by atoms with E-state index in [0.717, 1.165) is 25.3 Å². The van der Waals surface area contributed by atoms with Crippen LogP contribution in [0.15, 0.2) is 48.5 Å². The van der Waals surface area contributed by atoms with E-state index in [4.69, 9.17) is 4.74 Å². The molecular formula is C19H22N2O4. The van der Waals surface area contributed by atoms with E-state index in [-0.39, 0.29) is 5.69 Å². The molecule has 6 nitrogen and oxygen atoms in total. The van der Waals surface area contributed by atoms with Gasteiger partial charge in [0.1, 0.15) is 5.75 Å². The Morgan fingerprint density at radius 2 is 2.12 bits per heavy atom. The van der Waals surface area contributed by atoms with Crippen LogP contribution in [0.3, 0.4) is 0 Å². The summed E-state index contributed by atoms with van der Waals surface area (Å²) < 4.78 is 5.45. The van der Waals surface area contributed by atoms with Crippen LogP contribution in [0.25, 0.3) is 0 Å². The maximum absolute atomic E-state index is 10.9. The summed E-state index contributed by atoms with van der Waals surface area (Å²) in [5.41, 5.74) is 1.78. The molecule has 6 heteroatoms. The number of aliphatic hydroxyl groups is 1. The second-order valence-corrected chi connectivity index (χ2v) is 6.36. The van der Waals surface area contributed by atoms with Crippen LogP contribution in [0.2, 0.25) is 0 Å². The maximum atomic E-state index is 10.9. The van der Waals surface area contributed by atoms with Crippen molar-refractivity contribution in [1.29, 1.82) is 0 Å². The van der Waals surface area contributed by atoms with Crippen molar-refractivity contribution in [1.82, 2.24) is 4.90 Å². The number of nitro benzene ring substituents is 1. The topological polar surface area (TPSA) is 75.8 Å². The number of hydrogen-bond donors (Lipinski definition) is 1. The summed E-state index contributed by atoms with van der Waals surface area (Å²) in [5.74, 6) is 1.27. The normalized spacial score (nSPS) is 18.9. The van der Waals surface area contributed by atoms with E-state index >= 15 is 0 Å². The molecule has 0 unspecified atom stereocenters. The smallest absolute Gasteiger partial charge is 0.269 e. The number of β-amino-alcohol motifs (C(OH)–C–C–N with tert-alkyl or cyclic N) is 1. The Bertz CT molecular complexity index is 750. The number of para-hydroxylation sites is 1. The number of methoxy groups -OCH3 is 1. The van der Waals surface area contributed by atoms with E-state index in [1.807, 2.05) is 18.2 Å². The Morgan fingerprint density at radius 1 is 1.32 bits per heavy atom. The molecule has 3 rings (SSSR count). The van der Waals surface area contributed by atoms with Crippen LogP contribution in [0.5, 0.6) is 5.75 Å². The quantitative estimate of drug-likeness (QED) is 0.645. The van der Waals surface area contributed by atoms with Gasteiger partial charge in [-0.1, -0.05) is 30.3 Å². The Kier molecular flexibility index (Phi) is 5.31. The molecule has 25 heavy (non-hydrogen) atoms. The summed E-state index contributed by atoms with van der Waals surface area (Å²) >= 11 is 0. The van der Waals surface area contributed by atoms with E-state index in [9.17, 15) is 15.2 Å². The Labute approximate surface area is 146 Å². The van der Waals surface area contributed by atoms with Gasteiger partial charge in [0.05, 0.1) is 18.1 Å². The van der Waals surface area contributed by atoms with Crippen molar-refractivity contribution in [3.05, 3.63) is 69.8 Å². The standard InChI is InChI=1S/C19H22N2O4/c1-25-19-8-3-2-7-17(19)15-9-10-20(12-15)13-18(22)14-5-4-6-16(11-14)21(23)24/h2-8,11,15,18,22H,9-10,12-13H2,1H3/t15-,18-/m1/s1. The third-order valence-corrected chi connectivity index (χ3v) is 4.75. The molecule has 2 atom stereocenters. The van der Waals surface area contributed by atoms with Crippen LogP contribution >= 0.6 is 0 Å². The molecule has 132 valence electrons. The van der Waals surface area contributed by atoms with Crippen LogP contribution in [-0.4, -0.2) is 41.7 Å². The molecule has 2 aromatic rings. The Morgan fingerprint density at radius 3 is 2.88 bits per heavy atom. The molecule has 0 bridgehead atoms. The zero-order chi connectivity index (χ0) is 17.8. The van der Waals surface area contributed by atoms with Gasteiger partial charge in [0, 0.05) is 31.1 Å². The monoisotopic (exact) mass is 342 g/mol. The molecule has 1 N–H and O–H groups in total. The SMILES string of the molecule is COc1ccccc1[C@@H]1CCN(C[C@@H](O)c2cccc([N+](=O)[O-])c2)C1. The fraction of sp³-hybridized carbons (Fsp3) is 0.368. The summed E-state index contributed by atoms with van der Waals surface area (Å²) in [6.45, 7) is 2.19. The van der Waals surface area contributed by atoms with Gasteiger partial charge < -0.3 is 9.84 Å². The van der Waals surface area contributed by atoms with Gasteiger partial charge in [0.15, 0.2) is 0 Å². The molecule has 0 radical (unpaired) electrons. The number of hydrogen-bond acceptors (Lipinski definition) is 5. The fourth-order valence-corrected chi connectivity index (χ4v) is 3.45. The largest absolute Gasteiger partial charge is 0.496 e. The predicted octanol–water partition coefficient (Wildman–Crippen LogP) is 3.13. The molecule has 1 aliphatic heterocycles. The number of rotatable bonds is 6. The fourth-order valence-electron chi connectivity index (χ4n) is 3.45. The average molecular weight is 342 g/mol. The number of ether oxygens (including phenoxy) is 1. The molecule has 0 aromatic heterocycles. The van der Waals surface area contributed by atoms with Gasteiger partial charge in [0.2, 0.25) is 0 Å². The third kappa shape index (κ3) is 3.97. The zero-order valence-corrected chi connectivity index (χ0v) is 14.2. The van der Waals surface area contributed by atoms with E-state index < -0.39 is 11.0 Å². The first-order valence-corrected chi connectivity index (χ1v) is 8.36. The Balaban J connectivity index is 1.65. The zero-order valence-electron chi connectivity index (χ0n) is 14.2. The van der Waals surface area contributed by atoms with Crippen molar-refractivity contribution >= 4 is 5.69 Å². The maximum Gasteiger partial charge on any atom is 0.269 e. The first kappa shape index (κ1) is 17.4. The lowest BCUT2D eigenvalue weighted by molar-refractivity contribution is -0.385. The van der Waals surface area contributed by atoms with Crippen LogP contribution in [0, 0.1) is 10.1 Å². The molecule has 0 amide bonds. The number of nitro groups is 1. The van der Waals surface area contributed by atoms with E-state index in [1.54, 1.807) is 19.2 Å². The number of benzene rings is 2. The molecule has 0 saturated carbocycles. The number of non-ortho nitro benzene ring substituents is 1. The van der Waals surface area contributed by atoms with Crippen molar-refractivity contribution in [2.75, 3.05) is 26.7 Å². The van der Waals surface area contributed by atoms with Gasteiger partial charge in [-0.25, -0.2) is 0 Å². The van der Waals surface area contributed by atoms with E-state index in [2.05, 4.69) is 11.0 Å². The van der Waals surface area contributed by atoms with Crippen LogP contribution in [0.1, 0.15) is 29.6 Å². The molecular weight excluding hydrogens is 320 g/mol. The highest BCUT2D eigenvalue weighted by molar-refractivity contribution is 5.37. The van der Waals surface area contributed by atoms with Gasteiger partial charge in [-0.3, -0.25) is 15.0 Å². The molecule has 1 aliphatic rings. The minimum atomic E-state index is -0.740. The van der Waals surface area contributed by atoms with Crippen molar-refractivity contribution in [3.8, 4) is 5.75 Å². The minimum Gasteiger partial charge on any atom is -0.496 e. The summed E-state index contributed by atoms with van der Waals surface area (Å²) in [7, 11) is 1.68. The first-order chi connectivity index (χ1) is 12.1. The highest BCUT2D eigenvalue weighted by atomic mass is 16.6. The van der Waals surface area contributed by atoms with E-state index in [1.165, 1.54) is 17.7 Å². The summed E-state index contributed by atoms with van der Waals surface area (Å²) in [6.07, 6.45) is 0.262. The average Bonchev–Trinajstić information content (AvgIpc) is 3.10. The molecule has 1 saturated heterocycles. The minimum absolute atomic E-state index is 0.00451. The lowest BCUT2D eigenvalue weighted by Gasteiger charge is -2.21. The predicted molar refractivity (Wildman–Crippen MR) is 94.8 cm³/mol. The van der Waals surface area contributed by atoms with Crippen molar-refractivity contribution < 1.29 is 14.8 Å². The molecule has 1 heterocycles. The van der Waals surface area contributed by atoms with Crippen molar-refractivity contribution in [3.63, 3.8) is 0 Å². The van der Waals surface area contributed by atoms with Crippen LogP contribution < -0.4 is 4.74 Å². The third-order valence-electron chi connectivity index (χ3n) is 4.75. The highest BCUT2D eigenvalue weighted by Crippen LogP contribution is 2.34. The number of likely N-dealkylation sites (tertiary alicyclic amines) is 1. The van der Waals surface area contributed by atoms with Crippen molar-refractivity contribution in [2.24, 2.45) is 0 Å². The first-order valence-electron chi connectivity index (χ1n) is 8.36.